The smallest absolute Gasteiger partial charge is 0.305 e. The molecule has 0 amide bonds. The van der Waals surface area contributed by atoms with Gasteiger partial charge in [0, 0.05) is 11.6 Å². The van der Waals surface area contributed by atoms with Crippen molar-refractivity contribution >= 4 is 5.97 Å². The van der Waals surface area contributed by atoms with E-state index in [1.54, 1.807) is 7.11 Å². The number of carboxylic acid groups (broad SMARTS) is 1. The van der Waals surface area contributed by atoms with Crippen LogP contribution in [0.2, 0.25) is 0 Å². The molecule has 0 fully saturated rings. The Balaban J connectivity index is 3.25. The summed E-state index contributed by atoms with van der Waals surface area (Å²) in [6.07, 6.45) is 0.0604. The molecule has 0 saturated carbocycles. The van der Waals surface area contributed by atoms with E-state index in [0.29, 0.717) is 5.92 Å². The lowest BCUT2D eigenvalue weighted by Gasteiger charge is -2.26. The minimum absolute atomic E-state index is 0.0604. The maximum atomic E-state index is 11.0. The topological polar surface area (TPSA) is 49.8 Å². The lowest BCUT2D eigenvalue weighted by atomic mass is 9.95. The second kappa shape index (κ2) is 6.57. The Morgan fingerprint density at radius 3 is 2.42 bits per heavy atom. The van der Waals surface area contributed by atoms with Crippen LogP contribution in [0.5, 0.6) is 5.75 Å². The van der Waals surface area contributed by atoms with Gasteiger partial charge in [0.2, 0.25) is 0 Å². The van der Waals surface area contributed by atoms with Crippen molar-refractivity contribution in [2.45, 2.75) is 32.2 Å². The molecular weight excluding hydrogens is 242 g/mol. The first-order valence-electron chi connectivity index (χ1n) is 6.42. The second-order valence-corrected chi connectivity index (χ2v) is 5.23. The summed E-state index contributed by atoms with van der Waals surface area (Å²) in [4.78, 5) is 13.0. The van der Waals surface area contributed by atoms with E-state index < -0.39 is 5.97 Å². The highest BCUT2D eigenvalue weighted by molar-refractivity contribution is 5.68. The van der Waals surface area contributed by atoms with E-state index in [0.717, 1.165) is 11.3 Å². The number of methoxy groups -OCH3 is 1. The molecule has 0 aliphatic rings. The third-order valence-electron chi connectivity index (χ3n) is 3.27. The van der Waals surface area contributed by atoms with Crippen LogP contribution in [-0.2, 0) is 4.79 Å². The molecule has 1 atom stereocenters. The molecule has 0 spiro atoms. The average molecular weight is 265 g/mol. The summed E-state index contributed by atoms with van der Waals surface area (Å²) >= 11 is 0. The van der Waals surface area contributed by atoms with Crippen LogP contribution in [0.1, 0.15) is 43.4 Å². The highest BCUT2D eigenvalue weighted by Gasteiger charge is 2.22. The molecule has 19 heavy (non-hydrogen) atoms. The summed E-state index contributed by atoms with van der Waals surface area (Å²) in [6, 6.07) is 5.81. The molecule has 0 aliphatic carbocycles. The molecule has 0 aromatic heterocycles. The van der Waals surface area contributed by atoms with Crippen molar-refractivity contribution in [3.63, 3.8) is 0 Å². The Kier molecular flexibility index (Phi) is 5.36. The van der Waals surface area contributed by atoms with E-state index in [1.807, 2.05) is 31.1 Å². The molecule has 1 unspecified atom stereocenters. The highest BCUT2D eigenvalue weighted by atomic mass is 16.5. The van der Waals surface area contributed by atoms with Gasteiger partial charge in [-0.05, 0) is 31.6 Å². The molecule has 0 saturated heterocycles. The van der Waals surface area contributed by atoms with Crippen molar-refractivity contribution in [2.75, 3.05) is 21.2 Å². The number of aliphatic carboxylic acids is 1. The van der Waals surface area contributed by atoms with Gasteiger partial charge >= 0.3 is 5.97 Å². The molecule has 4 nitrogen and oxygen atoms in total. The Hall–Kier alpha value is -1.55. The molecule has 0 radical (unpaired) electrons. The molecule has 4 heteroatoms. The van der Waals surface area contributed by atoms with Gasteiger partial charge in [-0.15, -0.1) is 0 Å². The fourth-order valence-electron chi connectivity index (χ4n) is 2.11. The van der Waals surface area contributed by atoms with E-state index in [1.165, 1.54) is 5.56 Å². The quantitative estimate of drug-likeness (QED) is 0.859. The first-order valence-corrected chi connectivity index (χ1v) is 6.42. The minimum Gasteiger partial charge on any atom is -0.496 e. The third-order valence-corrected chi connectivity index (χ3v) is 3.27. The fourth-order valence-corrected chi connectivity index (χ4v) is 2.11. The Morgan fingerprint density at radius 2 is 2.00 bits per heavy atom. The van der Waals surface area contributed by atoms with Crippen molar-refractivity contribution in [1.29, 1.82) is 0 Å². The van der Waals surface area contributed by atoms with Gasteiger partial charge in [0.15, 0.2) is 0 Å². The van der Waals surface area contributed by atoms with E-state index in [9.17, 15) is 4.79 Å². The number of carbonyl (C=O) groups is 1. The SMILES string of the molecule is COc1ccc(C(C)C)cc1C(CC(=O)O)N(C)C. The predicted octanol–water partition coefficient (Wildman–Crippen LogP) is 2.90. The summed E-state index contributed by atoms with van der Waals surface area (Å²) in [5, 5.41) is 9.07. The van der Waals surface area contributed by atoms with Crippen LogP contribution in [0, 0.1) is 0 Å². The summed E-state index contributed by atoms with van der Waals surface area (Å²) in [5.74, 6) is 0.331. The molecule has 1 aromatic carbocycles. The molecule has 0 bridgehead atoms. The van der Waals surface area contributed by atoms with Crippen molar-refractivity contribution in [3.05, 3.63) is 29.3 Å². The van der Waals surface area contributed by atoms with Crippen LogP contribution < -0.4 is 4.74 Å². The zero-order chi connectivity index (χ0) is 14.6. The molecule has 1 aromatic rings. The Labute approximate surface area is 115 Å². The maximum Gasteiger partial charge on any atom is 0.305 e. The number of hydrogen-bond acceptors (Lipinski definition) is 3. The molecule has 0 aliphatic heterocycles. The van der Waals surface area contributed by atoms with Gasteiger partial charge in [-0.3, -0.25) is 4.79 Å². The van der Waals surface area contributed by atoms with Crippen LogP contribution in [0.4, 0.5) is 0 Å². The number of nitrogens with zero attached hydrogens (tertiary/aromatic N) is 1. The maximum absolute atomic E-state index is 11.0. The largest absolute Gasteiger partial charge is 0.496 e. The van der Waals surface area contributed by atoms with E-state index >= 15 is 0 Å². The van der Waals surface area contributed by atoms with E-state index in [4.69, 9.17) is 9.84 Å². The van der Waals surface area contributed by atoms with Crippen molar-refractivity contribution in [1.82, 2.24) is 4.90 Å². The normalized spacial score (nSPS) is 12.8. The van der Waals surface area contributed by atoms with E-state index in [-0.39, 0.29) is 12.5 Å². The van der Waals surface area contributed by atoms with Gasteiger partial charge < -0.3 is 14.7 Å². The lowest BCUT2D eigenvalue weighted by Crippen LogP contribution is -2.23. The zero-order valence-electron chi connectivity index (χ0n) is 12.3. The van der Waals surface area contributed by atoms with Crippen LogP contribution >= 0.6 is 0 Å². The number of carboxylic acids is 1. The van der Waals surface area contributed by atoms with Crippen LogP contribution in [0.25, 0.3) is 0 Å². The predicted molar refractivity (Wildman–Crippen MR) is 75.8 cm³/mol. The monoisotopic (exact) mass is 265 g/mol. The summed E-state index contributed by atoms with van der Waals surface area (Å²) in [5.41, 5.74) is 2.12. The van der Waals surface area contributed by atoms with Crippen molar-refractivity contribution < 1.29 is 14.6 Å². The standard InChI is InChI=1S/C15H23NO3/c1-10(2)11-6-7-14(19-5)12(8-11)13(16(3)4)9-15(17)18/h6-8,10,13H,9H2,1-5H3,(H,17,18). The number of benzene rings is 1. The zero-order valence-corrected chi connectivity index (χ0v) is 12.3. The summed E-state index contributed by atoms with van der Waals surface area (Å²) in [7, 11) is 5.38. The first kappa shape index (κ1) is 15.5. The molecule has 106 valence electrons. The number of hydrogen-bond donors (Lipinski definition) is 1. The minimum atomic E-state index is -0.810. The first-order chi connectivity index (χ1) is 8.86. The molecule has 1 N–H and O–H groups in total. The molecule has 0 heterocycles. The van der Waals surface area contributed by atoms with Gasteiger partial charge in [0.25, 0.3) is 0 Å². The molecule has 1 rings (SSSR count). The number of ether oxygens (including phenoxy) is 1. The molecular formula is C15H23NO3. The number of rotatable bonds is 6. The Morgan fingerprint density at radius 1 is 1.37 bits per heavy atom. The average Bonchev–Trinajstić information content (AvgIpc) is 2.34. The second-order valence-electron chi connectivity index (χ2n) is 5.23. The van der Waals surface area contributed by atoms with Crippen molar-refractivity contribution in [2.24, 2.45) is 0 Å². The highest BCUT2D eigenvalue weighted by Crippen LogP contribution is 2.33. The summed E-state index contributed by atoms with van der Waals surface area (Å²) < 4.78 is 5.37. The van der Waals surface area contributed by atoms with Crippen LogP contribution in [-0.4, -0.2) is 37.2 Å². The summed E-state index contributed by atoms with van der Waals surface area (Å²) in [6.45, 7) is 4.24. The van der Waals surface area contributed by atoms with E-state index in [2.05, 4.69) is 19.9 Å². The Bertz CT molecular complexity index is 441. The van der Waals surface area contributed by atoms with Crippen LogP contribution in [0.15, 0.2) is 18.2 Å². The van der Waals surface area contributed by atoms with Gasteiger partial charge in [-0.1, -0.05) is 26.0 Å². The van der Waals surface area contributed by atoms with Gasteiger partial charge in [-0.25, -0.2) is 0 Å². The van der Waals surface area contributed by atoms with Crippen LogP contribution in [0.3, 0.4) is 0 Å². The third kappa shape index (κ3) is 3.96. The van der Waals surface area contributed by atoms with Gasteiger partial charge in [0.05, 0.1) is 13.5 Å². The van der Waals surface area contributed by atoms with Gasteiger partial charge in [-0.2, -0.15) is 0 Å². The van der Waals surface area contributed by atoms with Gasteiger partial charge in [0.1, 0.15) is 5.75 Å². The van der Waals surface area contributed by atoms with Crippen molar-refractivity contribution in [3.8, 4) is 5.75 Å². The fraction of sp³-hybridized carbons (Fsp3) is 0.533. The lowest BCUT2D eigenvalue weighted by molar-refractivity contribution is -0.138.